The molecule has 0 heterocycles. The Morgan fingerprint density at radius 1 is 1.19 bits per heavy atom. The molecule has 90 valence electrons. The van der Waals surface area contributed by atoms with Gasteiger partial charge in [-0.2, -0.15) is 25.8 Å². The summed E-state index contributed by atoms with van der Waals surface area (Å²) in [4.78, 5) is 0. The number of alkyl halides is 3. The summed E-state index contributed by atoms with van der Waals surface area (Å²) in [5, 5.41) is 0. The molecule has 7 heteroatoms. The second kappa shape index (κ2) is 4.58. The highest BCUT2D eigenvalue weighted by molar-refractivity contribution is 7.80. The van der Waals surface area contributed by atoms with Crippen molar-refractivity contribution in [3.63, 3.8) is 0 Å². The van der Waals surface area contributed by atoms with Crippen LogP contribution in [0.4, 0.5) is 22.0 Å². The average molecular weight is 257 g/mol. The van der Waals surface area contributed by atoms with Crippen LogP contribution in [0.15, 0.2) is 12.1 Å². The number of thiol groups is 1. The van der Waals surface area contributed by atoms with Crippen LogP contribution in [0.2, 0.25) is 0 Å². The standard InChI is InChI=1S/C9H8F5NS/c10-7-4(6(15)3-16)1-2-5(8(7)11)9(12,13)14/h1-2,6,16H,3,15H2. The molecule has 0 bridgehead atoms. The van der Waals surface area contributed by atoms with Crippen LogP contribution in [0.5, 0.6) is 0 Å². The fourth-order valence-corrected chi connectivity index (χ4v) is 1.36. The number of hydrogen-bond acceptors (Lipinski definition) is 2. The number of nitrogens with two attached hydrogens (primary N) is 1. The largest absolute Gasteiger partial charge is 0.419 e. The van der Waals surface area contributed by atoms with Gasteiger partial charge in [-0.25, -0.2) is 8.78 Å². The minimum atomic E-state index is -4.92. The summed E-state index contributed by atoms with van der Waals surface area (Å²) in [6.45, 7) is 0. The molecule has 0 amide bonds. The van der Waals surface area contributed by atoms with Crippen molar-refractivity contribution in [2.45, 2.75) is 12.2 Å². The Morgan fingerprint density at radius 2 is 1.75 bits per heavy atom. The van der Waals surface area contributed by atoms with Gasteiger partial charge in [0, 0.05) is 17.4 Å². The lowest BCUT2D eigenvalue weighted by Gasteiger charge is -2.14. The molecule has 16 heavy (non-hydrogen) atoms. The van der Waals surface area contributed by atoms with E-state index in [2.05, 4.69) is 12.6 Å². The highest BCUT2D eigenvalue weighted by Gasteiger charge is 2.36. The van der Waals surface area contributed by atoms with E-state index in [1.54, 1.807) is 0 Å². The zero-order valence-electron chi connectivity index (χ0n) is 7.85. The molecule has 0 saturated carbocycles. The second-order valence-corrected chi connectivity index (χ2v) is 3.48. The molecule has 1 nitrogen and oxygen atoms in total. The fraction of sp³-hybridized carbons (Fsp3) is 0.333. The van der Waals surface area contributed by atoms with E-state index >= 15 is 0 Å². The molecule has 0 aromatic heterocycles. The number of rotatable bonds is 2. The van der Waals surface area contributed by atoms with Crippen molar-refractivity contribution in [3.05, 3.63) is 34.9 Å². The summed E-state index contributed by atoms with van der Waals surface area (Å²) in [5.74, 6) is -3.50. The van der Waals surface area contributed by atoms with Gasteiger partial charge in [-0.1, -0.05) is 6.07 Å². The molecule has 1 aromatic carbocycles. The second-order valence-electron chi connectivity index (χ2n) is 3.12. The van der Waals surface area contributed by atoms with Crippen LogP contribution < -0.4 is 5.73 Å². The summed E-state index contributed by atoms with van der Waals surface area (Å²) in [6, 6.07) is 0.347. The van der Waals surface area contributed by atoms with Crippen LogP contribution in [0.25, 0.3) is 0 Å². The van der Waals surface area contributed by atoms with Crippen molar-refractivity contribution in [2.75, 3.05) is 5.75 Å². The average Bonchev–Trinajstić information content (AvgIpc) is 2.19. The van der Waals surface area contributed by atoms with Crippen molar-refractivity contribution in [1.82, 2.24) is 0 Å². The number of halogens is 5. The van der Waals surface area contributed by atoms with Crippen molar-refractivity contribution >= 4 is 12.6 Å². The molecule has 0 fully saturated rings. The van der Waals surface area contributed by atoms with Gasteiger partial charge in [0.25, 0.3) is 0 Å². The molecule has 2 N–H and O–H groups in total. The van der Waals surface area contributed by atoms with Gasteiger partial charge in [0.15, 0.2) is 11.6 Å². The van der Waals surface area contributed by atoms with Crippen molar-refractivity contribution in [3.8, 4) is 0 Å². The first kappa shape index (κ1) is 13.2. The molecule has 0 saturated heterocycles. The monoisotopic (exact) mass is 257 g/mol. The van der Waals surface area contributed by atoms with E-state index in [0.717, 1.165) is 6.07 Å². The van der Waals surface area contributed by atoms with Crippen LogP contribution >= 0.6 is 12.6 Å². The van der Waals surface area contributed by atoms with E-state index in [1.165, 1.54) is 0 Å². The van der Waals surface area contributed by atoms with E-state index in [4.69, 9.17) is 5.73 Å². The number of benzene rings is 1. The molecule has 1 aromatic rings. The predicted octanol–water partition coefficient (Wildman–Crippen LogP) is 2.91. The minimum Gasteiger partial charge on any atom is -0.323 e. The number of hydrogen-bond donors (Lipinski definition) is 2. The fourth-order valence-electron chi connectivity index (χ4n) is 1.17. The Bertz CT molecular complexity index is 390. The molecular formula is C9H8F5NS. The maximum absolute atomic E-state index is 13.2. The maximum atomic E-state index is 13.2. The summed E-state index contributed by atoms with van der Waals surface area (Å²) in [5.41, 5.74) is 3.40. The van der Waals surface area contributed by atoms with Gasteiger partial charge in [0.05, 0.1) is 5.56 Å². The van der Waals surface area contributed by atoms with Gasteiger partial charge in [0.2, 0.25) is 0 Å². The van der Waals surface area contributed by atoms with Crippen molar-refractivity contribution in [1.29, 1.82) is 0 Å². The normalized spacial score (nSPS) is 13.9. The Hall–Kier alpha value is -0.820. The lowest BCUT2D eigenvalue weighted by molar-refractivity contribution is -0.140. The minimum absolute atomic E-state index is 0.00171. The van der Waals surface area contributed by atoms with Crippen LogP contribution in [0.3, 0.4) is 0 Å². The lowest BCUT2D eigenvalue weighted by atomic mass is 10.0. The lowest BCUT2D eigenvalue weighted by Crippen LogP contribution is -2.17. The first-order valence-electron chi connectivity index (χ1n) is 4.20. The third-order valence-corrected chi connectivity index (χ3v) is 2.41. The summed E-state index contributed by atoms with van der Waals surface area (Å²) in [6.07, 6.45) is -4.92. The first-order valence-corrected chi connectivity index (χ1v) is 4.83. The molecule has 1 atom stereocenters. The third kappa shape index (κ3) is 2.46. The van der Waals surface area contributed by atoms with E-state index in [0.29, 0.717) is 6.07 Å². The van der Waals surface area contributed by atoms with E-state index in [1.807, 2.05) is 0 Å². The smallest absolute Gasteiger partial charge is 0.323 e. The van der Waals surface area contributed by atoms with E-state index in [-0.39, 0.29) is 11.3 Å². The van der Waals surface area contributed by atoms with E-state index in [9.17, 15) is 22.0 Å². The molecule has 0 spiro atoms. The zero-order valence-corrected chi connectivity index (χ0v) is 8.75. The maximum Gasteiger partial charge on any atom is 0.419 e. The Balaban J connectivity index is 3.29. The van der Waals surface area contributed by atoms with Gasteiger partial charge in [0.1, 0.15) is 0 Å². The molecule has 0 aliphatic rings. The predicted molar refractivity (Wildman–Crippen MR) is 52.1 cm³/mol. The molecule has 1 rings (SSSR count). The summed E-state index contributed by atoms with van der Waals surface area (Å²) in [7, 11) is 0. The Labute approximate surface area is 93.8 Å². The molecule has 1 unspecified atom stereocenters. The summed E-state index contributed by atoms with van der Waals surface area (Å²) < 4.78 is 62.9. The van der Waals surface area contributed by atoms with Crippen molar-refractivity contribution < 1.29 is 22.0 Å². The molecule has 0 aliphatic carbocycles. The van der Waals surface area contributed by atoms with Crippen LogP contribution in [-0.2, 0) is 6.18 Å². The van der Waals surface area contributed by atoms with Crippen LogP contribution in [0, 0.1) is 11.6 Å². The van der Waals surface area contributed by atoms with E-state index < -0.39 is 29.4 Å². The summed E-state index contributed by atoms with van der Waals surface area (Å²) >= 11 is 3.75. The quantitative estimate of drug-likeness (QED) is 0.618. The van der Waals surface area contributed by atoms with Crippen LogP contribution in [0.1, 0.15) is 17.2 Å². The third-order valence-electron chi connectivity index (χ3n) is 2.01. The Morgan fingerprint density at radius 3 is 2.19 bits per heavy atom. The highest BCUT2D eigenvalue weighted by atomic mass is 32.1. The SMILES string of the molecule is NC(CS)c1ccc(C(F)(F)F)c(F)c1F. The molecule has 0 radical (unpaired) electrons. The molecular weight excluding hydrogens is 249 g/mol. The topological polar surface area (TPSA) is 26.0 Å². The highest BCUT2D eigenvalue weighted by Crippen LogP contribution is 2.33. The van der Waals surface area contributed by atoms with Gasteiger partial charge in [-0.05, 0) is 6.07 Å². The zero-order chi connectivity index (χ0) is 12.5. The van der Waals surface area contributed by atoms with Gasteiger partial charge in [-0.3, -0.25) is 0 Å². The van der Waals surface area contributed by atoms with Gasteiger partial charge in [-0.15, -0.1) is 0 Å². The molecule has 0 aliphatic heterocycles. The van der Waals surface area contributed by atoms with Crippen molar-refractivity contribution in [2.24, 2.45) is 5.73 Å². The van der Waals surface area contributed by atoms with Crippen LogP contribution in [-0.4, -0.2) is 5.75 Å². The van der Waals surface area contributed by atoms with Gasteiger partial charge < -0.3 is 5.73 Å². The van der Waals surface area contributed by atoms with Gasteiger partial charge >= 0.3 is 6.18 Å². The Kier molecular flexibility index (Phi) is 3.80. The first-order chi connectivity index (χ1) is 7.29.